The van der Waals surface area contributed by atoms with E-state index in [-0.39, 0.29) is 21.1 Å². The van der Waals surface area contributed by atoms with Gasteiger partial charge in [-0.15, -0.1) is 0 Å². The second-order valence-corrected chi connectivity index (χ2v) is 0.683. The standard InChI is InChI=1S/C5H.3CO.W/c1-2-4-5-3-1;3*1-2;/h1H;;;;/q-5;;;;. The maximum atomic E-state index is 7.50. The van der Waals surface area contributed by atoms with Gasteiger partial charge in [0.15, 0.2) is 0 Å². The van der Waals surface area contributed by atoms with Crippen LogP contribution in [0.1, 0.15) is 0 Å². The summed E-state index contributed by atoms with van der Waals surface area (Å²) in [5.74, 6) is 0. The van der Waals surface area contributed by atoms with Gasteiger partial charge >= 0.3 is 33.9 Å². The second kappa shape index (κ2) is 48.5. The summed E-state index contributed by atoms with van der Waals surface area (Å²) in [5, 5.41) is 0. The van der Waals surface area contributed by atoms with E-state index in [1.165, 1.54) is 0 Å². The molecule has 3 nitrogen and oxygen atoms in total. The second-order valence-electron chi connectivity index (χ2n) is 0.683. The van der Waals surface area contributed by atoms with Crippen molar-refractivity contribution in [1.82, 2.24) is 0 Å². The smallest absolute Gasteiger partial charge is 0 e. The van der Waals surface area contributed by atoms with Crippen molar-refractivity contribution in [3.05, 3.63) is 50.3 Å². The Balaban J connectivity index is -0.0000000406. The van der Waals surface area contributed by atoms with Gasteiger partial charge in [-0.25, -0.2) is 0 Å². The van der Waals surface area contributed by atoms with Crippen LogP contribution in [-0.4, -0.2) is 0 Å². The molecule has 1 aromatic rings. The first kappa shape index (κ1) is 22.5. The fourth-order valence-corrected chi connectivity index (χ4v) is 0.180. The van der Waals surface area contributed by atoms with E-state index in [9.17, 15) is 0 Å². The van der Waals surface area contributed by atoms with Gasteiger partial charge in [0.25, 0.3) is 0 Å². The van der Waals surface area contributed by atoms with Gasteiger partial charge in [-0.3, -0.25) is 0 Å². The van der Waals surface area contributed by atoms with Crippen molar-refractivity contribution < 1.29 is 35.0 Å². The molecule has 0 aromatic heterocycles. The molecule has 1 rings (SSSR count). The summed E-state index contributed by atoms with van der Waals surface area (Å²) in [4.78, 5) is 0. The van der Waals surface area contributed by atoms with Crippen molar-refractivity contribution >= 4 is 0 Å². The van der Waals surface area contributed by atoms with Gasteiger partial charge in [-0.1, -0.05) is 0 Å². The summed E-state index contributed by atoms with van der Waals surface area (Å²) in [7, 11) is 0. The van der Waals surface area contributed by atoms with Gasteiger partial charge in [0, 0.05) is 21.1 Å². The fraction of sp³-hybridized carbons (Fsp3) is 0. The first-order chi connectivity index (χ1) is 5.50. The molecule has 0 N–H and O–H groups in total. The summed E-state index contributed by atoms with van der Waals surface area (Å²) in [6.07, 6.45) is 0. The molecule has 62 valence electrons. The van der Waals surface area contributed by atoms with E-state index in [0.717, 1.165) is 0 Å². The van der Waals surface area contributed by atoms with Crippen molar-refractivity contribution in [2.24, 2.45) is 0 Å². The van der Waals surface area contributed by atoms with Crippen molar-refractivity contribution in [3.8, 4) is 0 Å². The predicted molar refractivity (Wildman–Crippen MR) is 29.2 cm³/mol. The van der Waals surface area contributed by atoms with E-state index in [4.69, 9.17) is 14.0 Å². The maximum absolute atomic E-state index is 7.50. The molecular weight excluding hydrogens is 328 g/mol. The Morgan fingerprint density at radius 1 is 0.750 bits per heavy atom. The Bertz CT molecular complexity index is 142. The van der Waals surface area contributed by atoms with Gasteiger partial charge < -0.3 is 30.3 Å². The summed E-state index contributed by atoms with van der Waals surface area (Å²) in [6, 6.07) is 12.0. The molecule has 12 heavy (non-hydrogen) atoms. The van der Waals surface area contributed by atoms with Crippen LogP contribution in [0.3, 0.4) is 0 Å². The Kier molecular flexibility index (Phi) is 90.9. The molecule has 0 bridgehead atoms. The van der Waals surface area contributed by atoms with Crippen LogP contribution in [0, 0.1) is 44.2 Å². The molecular formula is C8HO3W-5. The minimum atomic E-state index is 0. The Labute approximate surface area is 85.6 Å². The first-order valence-corrected chi connectivity index (χ1v) is 1.94. The van der Waals surface area contributed by atoms with E-state index in [0.29, 0.717) is 0 Å². The maximum Gasteiger partial charge on any atom is 0 e. The Morgan fingerprint density at radius 3 is 1.08 bits per heavy atom. The van der Waals surface area contributed by atoms with E-state index < -0.39 is 0 Å². The van der Waals surface area contributed by atoms with E-state index in [1.807, 2.05) is 0 Å². The van der Waals surface area contributed by atoms with Crippen LogP contribution in [-0.2, 0) is 35.0 Å². The molecule has 0 amide bonds. The third-order valence-electron chi connectivity index (χ3n) is 0.351. The molecule has 0 spiro atoms. The van der Waals surface area contributed by atoms with Crippen LogP contribution in [0.25, 0.3) is 0 Å². The third-order valence-corrected chi connectivity index (χ3v) is 0.351. The molecule has 0 radical (unpaired) electrons. The quantitative estimate of drug-likeness (QED) is 0.492. The van der Waals surface area contributed by atoms with E-state index in [1.54, 1.807) is 6.07 Å². The molecule has 0 aliphatic heterocycles. The van der Waals surface area contributed by atoms with Crippen LogP contribution in [0.5, 0.6) is 0 Å². The van der Waals surface area contributed by atoms with E-state index >= 15 is 0 Å². The van der Waals surface area contributed by atoms with Crippen LogP contribution < -0.4 is 0 Å². The molecule has 1 aromatic carbocycles. The third kappa shape index (κ3) is 34.8. The zero-order chi connectivity index (χ0) is 9.54. The van der Waals surface area contributed by atoms with E-state index in [2.05, 4.69) is 44.2 Å². The minimum absolute atomic E-state index is 0. The van der Waals surface area contributed by atoms with Crippen molar-refractivity contribution in [3.63, 3.8) is 0 Å². The summed E-state index contributed by atoms with van der Waals surface area (Å²) in [6.45, 7) is 13.5. The molecule has 0 saturated heterocycles. The zero-order valence-corrected chi connectivity index (χ0v) is 8.64. The van der Waals surface area contributed by atoms with Gasteiger partial charge in [0.1, 0.15) is 0 Å². The molecule has 0 aliphatic carbocycles. The first-order valence-electron chi connectivity index (χ1n) is 1.94. The molecule has 0 unspecified atom stereocenters. The Hall–Kier alpha value is -0.742. The molecule has 0 aliphatic rings. The van der Waals surface area contributed by atoms with Gasteiger partial charge in [0.2, 0.25) is 0 Å². The van der Waals surface area contributed by atoms with Crippen molar-refractivity contribution in [1.29, 1.82) is 0 Å². The van der Waals surface area contributed by atoms with Gasteiger partial charge in [0.05, 0.1) is 0 Å². The number of rotatable bonds is 0. The van der Waals surface area contributed by atoms with Crippen LogP contribution in [0.4, 0.5) is 0 Å². The summed E-state index contributed by atoms with van der Waals surface area (Å²) < 4.78 is 22.5. The number of hydrogen-bond acceptors (Lipinski definition) is 0. The molecule has 4 heteroatoms. The van der Waals surface area contributed by atoms with Crippen molar-refractivity contribution in [2.45, 2.75) is 0 Å². The molecule has 0 saturated carbocycles. The zero-order valence-electron chi connectivity index (χ0n) is 5.71. The van der Waals surface area contributed by atoms with Gasteiger partial charge in [-0.05, 0) is 0 Å². The summed E-state index contributed by atoms with van der Waals surface area (Å²) >= 11 is 0. The van der Waals surface area contributed by atoms with Crippen LogP contribution >= 0.6 is 0 Å². The monoisotopic (exact) mass is 329 g/mol. The predicted octanol–water partition coefficient (Wildman–Crippen LogP) is 0.491. The molecule has 0 heterocycles. The topological polar surface area (TPSA) is 59.7 Å². The van der Waals surface area contributed by atoms with Crippen molar-refractivity contribution in [2.75, 3.05) is 0 Å². The molecule has 0 atom stereocenters. The largest absolute Gasteiger partial charge is 0.999 e. The average Bonchev–Trinajstić information content (AvgIpc) is 2.71. The normalized spacial score (nSPS) is 3.83. The SMILES string of the molecule is [C-]#[O+].[C-]#[O+].[C-]#[O+].[W].[c-]1[c-][c-][cH-][c-]1. The average molecular weight is 329 g/mol. The molecule has 0 fully saturated rings. The van der Waals surface area contributed by atoms with Crippen LogP contribution in [0.2, 0.25) is 0 Å². The fourth-order valence-electron chi connectivity index (χ4n) is 0.180. The number of hydrogen-bond donors (Lipinski definition) is 0. The summed E-state index contributed by atoms with van der Waals surface area (Å²) in [5.41, 5.74) is 0. The Morgan fingerprint density at radius 2 is 1.00 bits per heavy atom. The van der Waals surface area contributed by atoms with Crippen LogP contribution in [0.15, 0.2) is 6.07 Å². The van der Waals surface area contributed by atoms with Gasteiger partial charge in [-0.2, -0.15) is 0 Å². The minimum Gasteiger partial charge on any atom is -0.999 e.